The minimum absolute atomic E-state index is 0.720. The molecule has 0 radical (unpaired) electrons. The van der Waals surface area contributed by atoms with E-state index < -0.39 is 0 Å². The van der Waals surface area contributed by atoms with Crippen LogP contribution in [0.2, 0.25) is 0 Å². The number of furan rings is 1. The van der Waals surface area contributed by atoms with Crippen molar-refractivity contribution in [3.05, 3.63) is 23.2 Å². The van der Waals surface area contributed by atoms with Gasteiger partial charge in [-0.15, -0.1) is 0 Å². The largest absolute Gasteiger partial charge is 0.463 e. The second kappa shape index (κ2) is 7.25. The van der Waals surface area contributed by atoms with Gasteiger partial charge in [-0.1, -0.05) is 6.92 Å². The van der Waals surface area contributed by atoms with E-state index in [2.05, 4.69) is 42.1 Å². The van der Waals surface area contributed by atoms with Crippen molar-refractivity contribution in [2.75, 3.05) is 33.7 Å². The van der Waals surface area contributed by atoms with Gasteiger partial charge in [-0.05, 0) is 58.6 Å². The van der Waals surface area contributed by atoms with E-state index in [0.717, 1.165) is 37.2 Å². The summed E-state index contributed by atoms with van der Waals surface area (Å²) in [7, 11) is 4.15. The van der Waals surface area contributed by atoms with Gasteiger partial charge in [0.15, 0.2) is 0 Å². The highest BCUT2D eigenvalue weighted by molar-refractivity contribution is 5.19. The number of hydrogen-bond acceptors (Lipinski definition) is 4. The molecule has 1 unspecified atom stereocenters. The molecule has 0 aromatic carbocycles. The molecule has 1 aromatic rings. The molecule has 1 saturated heterocycles. The Bertz CT molecular complexity index is 416. The summed E-state index contributed by atoms with van der Waals surface area (Å²) < 4.78 is 5.93. The van der Waals surface area contributed by atoms with Crippen LogP contribution in [-0.2, 0) is 13.1 Å². The molecule has 114 valence electrons. The summed E-state index contributed by atoms with van der Waals surface area (Å²) in [6.07, 6.45) is 2.68. The van der Waals surface area contributed by atoms with Crippen LogP contribution in [0.15, 0.2) is 10.5 Å². The standard InChI is InChI=1S/C16H29N3O/c1-5-19-8-6-7-14(19)11-18(4)12-15-9-13(2)16(20-15)10-17-3/h9,14,17H,5-8,10-12H2,1-4H3. The van der Waals surface area contributed by atoms with Gasteiger partial charge in [-0.3, -0.25) is 9.80 Å². The molecule has 1 aliphatic heterocycles. The van der Waals surface area contributed by atoms with E-state index in [1.165, 1.54) is 31.5 Å². The van der Waals surface area contributed by atoms with Gasteiger partial charge in [0.1, 0.15) is 11.5 Å². The van der Waals surface area contributed by atoms with E-state index in [0.29, 0.717) is 0 Å². The van der Waals surface area contributed by atoms with Crippen LogP contribution >= 0.6 is 0 Å². The van der Waals surface area contributed by atoms with Gasteiger partial charge in [-0.2, -0.15) is 0 Å². The molecule has 1 aliphatic rings. The Morgan fingerprint density at radius 2 is 2.30 bits per heavy atom. The molecular formula is C16H29N3O. The van der Waals surface area contributed by atoms with Crippen LogP contribution in [0.3, 0.4) is 0 Å². The molecule has 0 spiro atoms. The lowest BCUT2D eigenvalue weighted by molar-refractivity contribution is 0.187. The normalized spacial score (nSPS) is 20.1. The molecule has 1 aromatic heterocycles. The topological polar surface area (TPSA) is 31.6 Å². The van der Waals surface area contributed by atoms with Crippen molar-refractivity contribution in [3.63, 3.8) is 0 Å². The fourth-order valence-corrected chi connectivity index (χ4v) is 3.21. The molecule has 2 heterocycles. The molecule has 2 rings (SSSR count). The van der Waals surface area contributed by atoms with Gasteiger partial charge in [0.25, 0.3) is 0 Å². The highest BCUT2D eigenvalue weighted by Crippen LogP contribution is 2.19. The maximum atomic E-state index is 5.93. The van der Waals surface area contributed by atoms with E-state index >= 15 is 0 Å². The maximum Gasteiger partial charge on any atom is 0.120 e. The predicted molar refractivity (Wildman–Crippen MR) is 82.8 cm³/mol. The number of nitrogens with zero attached hydrogens (tertiary/aromatic N) is 2. The summed E-state index contributed by atoms with van der Waals surface area (Å²) >= 11 is 0. The van der Waals surface area contributed by atoms with Crippen molar-refractivity contribution < 1.29 is 4.42 Å². The zero-order valence-electron chi connectivity index (χ0n) is 13.4. The Labute approximate surface area is 123 Å². The van der Waals surface area contributed by atoms with Crippen molar-refractivity contribution in [2.24, 2.45) is 0 Å². The molecule has 0 bridgehead atoms. The fourth-order valence-electron chi connectivity index (χ4n) is 3.21. The Hall–Kier alpha value is -0.840. The second-order valence-corrected chi connectivity index (χ2v) is 5.97. The Morgan fingerprint density at radius 3 is 3.00 bits per heavy atom. The molecule has 1 fully saturated rings. The summed E-state index contributed by atoms with van der Waals surface area (Å²) in [6, 6.07) is 2.90. The predicted octanol–water partition coefficient (Wildman–Crippen LogP) is 2.22. The third kappa shape index (κ3) is 3.84. The lowest BCUT2D eigenvalue weighted by atomic mass is 10.2. The van der Waals surface area contributed by atoms with Crippen molar-refractivity contribution in [2.45, 2.75) is 45.8 Å². The number of likely N-dealkylation sites (tertiary alicyclic amines) is 1. The van der Waals surface area contributed by atoms with E-state index in [4.69, 9.17) is 4.42 Å². The molecular weight excluding hydrogens is 250 g/mol. The van der Waals surface area contributed by atoms with Crippen molar-refractivity contribution in [1.82, 2.24) is 15.1 Å². The fraction of sp³-hybridized carbons (Fsp3) is 0.750. The van der Waals surface area contributed by atoms with Crippen LogP contribution in [0.25, 0.3) is 0 Å². The number of nitrogens with one attached hydrogen (secondary N) is 1. The average Bonchev–Trinajstić information content (AvgIpc) is 2.97. The first-order chi connectivity index (χ1) is 9.63. The summed E-state index contributed by atoms with van der Waals surface area (Å²) in [6.45, 7) is 9.66. The Balaban J connectivity index is 1.87. The van der Waals surface area contributed by atoms with Crippen LogP contribution in [0.4, 0.5) is 0 Å². The van der Waals surface area contributed by atoms with Crippen molar-refractivity contribution >= 4 is 0 Å². The molecule has 4 heteroatoms. The average molecular weight is 279 g/mol. The first kappa shape index (κ1) is 15.5. The summed E-state index contributed by atoms with van der Waals surface area (Å²) in [5.74, 6) is 2.14. The SMILES string of the molecule is CCN1CCCC1CN(C)Cc1cc(C)c(CNC)o1. The zero-order chi connectivity index (χ0) is 14.5. The van der Waals surface area contributed by atoms with Crippen molar-refractivity contribution in [1.29, 1.82) is 0 Å². The summed E-state index contributed by atoms with van der Waals surface area (Å²) in [5.41, 5.74) is 1.25. The highest BCUT2D eigenvalue weighted by Gasteiger charge is 2.24. The highest BCUT2D eigenvalue weighted by atomic mass is 16.3. The number of rotatable bonds is 7. The third-order valence-corrected chi connectivity index (χ3v) is 4.26. The zero-order valence-corrected chi connectivity index (χ0v) is 13.4. The minimum atomic E-state index is 0.720. The number of hydrogen-bond donors (Lipinski definition) is 1. The molecule has 20 heavy (non-hydrogen) atoms. The van der Waals surface area contributed by atoms with Crippen LogP contribution < -0.4 is 5.32 Å². The maximum absolute atomic E-state index is 5.93. The van der Waals surface area contributed by atoms with E-state index in [1.807, 2.05) is 7.05 Å². The Kier molecular flexibility index (Phi) is 5.64. The van der Waals surface area contributed by atoms with E-state index in [1.54, 1.807) is 0 Å². The van der Waals surface area contributed by atoms with Gasteiger partial charge < -0.3 is 9.73 Å². The first-order valence-corrected chi connectivity index (χ1v) is 7.79. The van der Waals surface area contributed by atoms with Gasteiger partial charge in [0, 0.05) is 12.6 Å². The lowest BCUT2D eigenvalue weighted by Crippen LogP contribution is -2.38. The van der Waals surface area contributed by atoms with Gasteiger partial charge >= 0.3 is 0 Å². The smallest absolute Gasteiger partial charge is 0.120 e. The first-order valence-electron chi connectivity index (χ1n) is 7.79. The van der Waals surface area contributed by atoms with Crippen LogP contribution in [0, 0.1) is 6.92 Å². The molecule has 0 amide bonds. The van der Waals surface area contributed by atoms with Gasteiger partial charge in [0.2, 0.25) is 0 Å². The molecule has 1 atom stereocenters. The van der Waals surface area contributed by atoms with E-state index in [-0.39, 0.29) is 0 Å². The Morgan fingerprint density at radius 1 is 1.50 bits per heavy atom. The quantitative estimate of drug-likeness (QED) is 0.829. The van der Waals surface area contributed by atoms with Crippen LogP contribution in [0.1, 0.15) is 36.8 Å². The second-order valence-electron chi connectivity index (χ2n) is 5.97. The third-order valence-electron chi connectivity index (χ3n) is 4.26. The molecule has 0 aliphatic carbocycles. The monoisotopic (exact) mass is 279 g/mol. The van der Waals surface area contributed by atoms with Crippen LogP contribution in [0.5, 0.6) is 0 Å². The number of aryl methyl sites for hydroxylation is 1. The number of likely N-dealkylation sites (N-methyl/N-ethyl adjacent to an activating group) is 2. The lowest BCUT2D eigenvalue weighted by Gasteiger charge is -2.27. The molecule has 4 nitrogen and oxygen atoms in total. The van der Waals surface area contributed by atoms with Gasteiger partial charge in [-0.25, -0.2) is 0 Å². The molecule has 0 saturated carbocycles. The summed E-state index contributed by atoms with van der Waals surface area (Å²) in [5, 5.41) is 3.15. The van der Waals surface area contributed by atoms with Crippen molar-refractivity contribution in [3.8, 4) is 0 Å². The minimum Gasteiger partial charge on any atom is -0.463 e. The summed E-state index contributed by atoms with van der Waals surface area (Å²) in [4.78, 5) is 4.98. The molecule has 1 N–H and O–H groups in total. The van der Waals surface area contributed by atoms with Crippen LogP contribution in [-0.4, -0.2) is 49.6 Å². The van der Waals surface area contributed by atoms with Gasteiger partial charge in [0.05, 0.1) is 13.1 Å². The van der Waals surface area contributed by atoms with E-state index in [9.17, 15) is 0 Å².